The number of ether oxygens (including phenoxy) is 1. The Labute approximate surface area is 156 Å². The van der Waals surface area contributed by atoms with Gasteiger partial charge in [0.05, 0.1) is 7.11 Å². The Morgan fingerprint density at radius 2 is 2.12 bits per heavy atom. The Balaban J connectivity index is 2.12. The lowest BCUT2D eigenvalue weighted by Gasteiger charge is -2.23. The average Bonchev–Trinajstić information content (AvgIpc) is 3.05. The third kappa shape index (κ3) is 5.51. The summed E-state index contributed by atoms with van der Waals surface area (Å²) in [4.78, 5) is 11.4. The largest absolute Gasteiger partial charge is 0.496 e. The van der Waals surface area contributed by atoms with Gasteiger partial charge in [-0.2, -0.15) is 0 Å². The Bertz CT molecular complexity index is 708. The van der Waals surface area contributed by atoms with Crippen LogP contribution in [0.4, 0.5) is 0 Å². The maximum absolute atomic E-state index is 5.46. The first-order chi connectivity index (χ1) is 12.5. The SMILES string of the molecule is CCNC(=NCc1nccn1CC(C)C)N(C)Cc1ccccc1OC. The number of benzene rings is 1. The number of rotatable bonds is 8. The predicted molar refractivity (Wildman–Crippen MR) is 106 cm³/mol. The molecular weight excluding hydrogens is 326 g/mol. The summed E-state index contributed by atoms with van der Waals surface area (Å²) in [6.45, 7) is 9.53. The van der Waals surface area contributed by atoms with Gasteiger partial charge in [0.25, 0.3) is 0 Å². The molecule has 142 valence electrons. The molecule has 2 rings (SSSR count). The van der Waals surface area contributed by atoms with Crippen LogP contribution in [-0.4, -0.2) is 41.1 Å². The van der Waals surface area contributed by atoms with Crippen LogP contribution in [0.15, 0.2) is 41.7 Å². The molecule has 0 atom stereocenters. The van der Waals surface area contributed by atoms with Crippen LogP contribution in [0, 0.1) is 5.92 Å². The van der Waals surface area contributed by atoms with E-state index in [2.05, 4.69) is 46.6 Å². The van der Waals surface area contributed by atoms with Crippen LogP contribution in [0.1, 0.15) is 32.2 Å². The first-order valence-electron chi connectivity index (χ1n) is 9.16. The minimum atomic E-state index is 0.554. The van der Waals surface area contributed by atoms with Crippen molar-refractivity contribution in [1.29, 1.82) is 0 Å². The number of nitrogens with zero attached hydrogens (tertiary/aromatic N) is 4. The van der Waals surface area contributed by atoms with Crippen LogP contribution in [0.3, 0.4) is 0 Å². The van der Waals surface area contributed by atoms with E-state index in [-0.39, 0.29) is 0 Å². The number of aliphatic imine (C=N–C) groups is 1. The highest BCUT2D eigenvalue weighted by Gasteiger charge is 2.11. The first kappa shape index (κ1) is 19.8. The van der Waals surface area contributed by atoms with Crippen molar-refractivity contribution in [2.24, 2.45) is 10.9 Å². The van der Waals surface area contributed by atoms with Crippen molar-refractivity contribution < 1.29 is 4.74 Å². The summed E-state index contributed by atoms with van der Waals surface area (Å²) in [6.07, 6.45) is 3.87. The van der Waals surface area contributed by atoms with Gasteiger partial charge in [-0.1, -0.05) is 32.0 Å². The molecule has 1 N–H and O–H groups in total. The van der Waals surface area contributed by atoms with Crippen LogP contribution in [-0.2, 0) is 19.6 Å². The van der Waals surface area contributed by atoms with E-state index in [0.29, 0.717) is 12.5 Å². The van der Waals surface area contributed by atoms with Crippen molar-refractivity contribution in [3.05, 3.63) is 48.0 Å². The van der Waals surface area contributed by atoms with Crippen molar-refractivity contribution in [3.8, 4) is 5.75 Å². The first-order valence-corrected chi connectivity index (χ1v) is 9.16. The molecule has 0 unspecified atom stereocenters. The Hall–Kier alpha value is -2.50. The van der Waals surface area contributed by atoms with Crippen LogP contribution < -0.4 is 10.1 Å². The highest BCUT2D eigenvalue weighted by atomic mass is 16.5. The topological polar surface area (TPSA) is 54.7 Å². The molecule has 0 saturated carbocycles. The van der Waals surface area contributed by atoms with E-state index < -0.39 is 0 Å². The van der Waals surface area contributed by atoms with E-state index in [4.69, 9.17) is 9.73 Å². The number of hydrogen-bond acceptors (Lipinski definition) is 3. The standard InChI is InChI=1S/C20H31N5O/c1-6-21-20(23-13-19-22-11-12-25(19)14-16(2)3)24(4)15-17-9-7-8-10-18(17)26-5/h7-12,16H,6,13-15H2,1-5H3,(H,21,23). The fourth-order valence-corrected chi connectivity index (χ4v) is 2.83. The molecule has 0 saturated heterocycles. The lowest BCUT2D eigenvalue weighted by molar-refractivity contribution is 0.396. The van der Waals surface area contributed by atoms with Crippen LogP contribution >= 0.6 is 0 Å². The minimum Gasteiger partial charge on any atom is -0.496 e. The summed E-state index contributed by atoms with van der Waals surface area (Å²) in [5.74, 6) is 3.31. The fourth-order valence-electron chi connectivity index (χ4n) is 2.83. The molecule has 0 amide bonds. The van der Waals surface area contributed by atoms with Crippen LogP contribution in [0.5, 0.6) is 5.75 Å². The fraction of sp³-hybridized carbons (Fsp3) is 0.500. The Kier molecular flexibility index (Phi) is 7.51. The summed E-state index contributed by atoms with van der Waals surface area (Å²) in [5.41, 5.74) is 1.13. The van der Waals surface area contributed by atoms with Gasteiger partial charge in [0.2, 0.25) is 0 Å². The maximum atomic E-state index is 5.46. The van der Waals surface area contributed by atoms with Gasteiger partial charge in [0.1, 0.15) is 18.1 Å². The molecular formula is C20H31N5O. The number of imidazole rings is 1. The van der Waals surface area contributed by atoms with Gasteiger partial charge in [-0.05, 0) is 18.9 Å². The van der Waals surface area contributed by atoms with Crippen molar-refractivity contribution >= 4 is 5.96 Å². The zero-order valence-corrected chi connectivity index (χ0v) is 16.6. The molecule has 2 aromatic rings. The zero-order chi connectivity index (χ0) is 18.9. The monoisotopic (exact) mass is 357 g/mol. The molecule has 6 heteroatoms. The van der Waals surface area contributed by atoms with Gasteiger partial charge in [-0.3, -0.25) is 0 Å². The lowest BCUT2D eigenvalue weighted by atomic mass is 10.2. The average molecular weight is 358 g/mol. The second-order valence-electron chi connectivity index (χ2n) is 6.73. The normalized spacial score (nSPS) is 11.7. The van der Waals surface area contributed by atoms with Crippen molar-refractivity contribution in [2.45, 2.75) is 40.4 Å². The van der Waals surface area contributed by atoms with Crippen molar-refractivity contribution in [3.63, 3.8) is 0 Å². The maximum Gasteiger partial charge on any atom is 0.194 e. The highest BCUT2D eigenvalue weighted by molar-refractivity contribution is 5.79. The van der Waals surface area contributed by atoms with E-state index in [1.54, 1.807) is 7.11 Å². The van der Waals surface area contributed by atoms with Crippen molar-refractivity contribution in [2.75, 3.05) is 20.7 Å². The van der Waals surface area contributed by atoms with Crippen molar-refractivity contribution in [1.82, 2.24) is 19.8 Å². The molecule has 0 aliphatic carbocycles. The molecule has 0 radical (unpaired) electrons. The molecule has 0 aliphatic heterocycles. The Morgan fingerprint density at radius 3 is 2.81 bits per heavy atom. The smallest absolute Gasteiger partial charge is 0.194 e. The quantitative estimate of drug-likeness (QED) is 0.582. The van der Waals surface area contributed by atoms with Gasteiger partial charge in [-0.15, -0.1) is 0 Å². The van der Waals surface area contributed by atoms with E-state index in [0.717, 1.165) is 42.7 Å². The summed E-state index contributed by atoms with van der Waals surface area (Å²) in [5, 5.41) is 3.36. The molecule has 0 bridgehead atoms. The van der Waals surface area contributed by atoms with E-state index in [1.807, 2.05) is 37.6 Å². The second-order valence-corrected chi connectivity index (χ2v) is 6.73. The zero-order valence-electron chi connectivity index (χ0n) is 16.6. The van der Waals surface area contributed by atoms with E-state index in [1.165, 1.54) is 0 Å². The van der Waals surface area contributed by atoms with E-state index in [9.17, 15) is 0 Å². The van der Waals surface area contributed by atoms with Gasteiger partial charge in [-0.25, -0.2) is 9.98 Å². The summed E-state index contributed by atoms with van der Waals surface area (Å²) in [6, 6.07) is 8.07. The summed E-state index contributed by atoms with van der Waals surface area (Å²) >= 11 is 0. The van der Waals surface area contributed by atoms with Gasteiger partial charge in [0.15, 0.2) is 5.96 Å². The molecule has 1 aromatic heterocycles. The van der Waals surface area contributed by atoms with Crippen LogP contribution in [0.2, 0.25) is 0 Å². The van der Waals surface area contributed by atoms with E-state index >= 15 is 0 Å². The highest BCUT2D eigenvalue weighted by Crippen LogP contribution is 2.18. The molecule has 0 fully saturated rings. The number of para-hydroxylation sites is 1. The third-order valence-electron chi connectivity index (χ3n) is 4.03. The predicted octanol–water partition coefficient (Wildman–Crippen LogP) is 3.15. The summed E-state index contributed by atoms with van der Waals surface area (Å²) < 4.78 is 7.64. The molecule has 1 aromatic carbocycles. The minimum absolute atomic E-state index is 0.554. The Morgan fingerprint density at radius 1 is 1.35 bits per heavy atom. The molecule has 0 spiro atoms. The van der Waals surface area contributed by atoms with Gasteiger partial charge < -0.3 is 19.5 Å². The third-order valence-corrected chi connectivity index (χ3v) is 4.03. The van der Waals surface area contributed by atoms with Crippen LogP contribution in [0.25, 0.3) is 0 Å². The molecule has 26 heavy (non-hydrogen) atoms. The number of nitrogens with one attached hydrogen (secondary N) is 1. The molecule has 6 nitrogen and oxygen atoms in total. The lowest BCUT2D eigenvalue weighted by Crippen LogP contribution is -2.38. The number of methoxy groups -OCH3 is 1. The number of guanidine groups is 1. The summed E-state index contributed by atoms with van der Waals surface area (Å²) in [7, 11) is 3.74. The second kappa shape index (κ2) is 9.85. The molecule has 0 aliphatic rings. The number of aromatic nitrogens is 2. The van der Waals surface area contributed by atoms with Gasteiger partial charge >= 0.3 is 0 Å². The number of hydrogen-bond donors (Lipinski definition) is 1. The molecule has 1 heterocycles. The van der Waals surface area contributed by atoms with Gasteiger partial charge in [0, 0.05) is 44.6 Å².